The Bertz CT molecular complexity index is 522. The van der Waals surface area contributed by atoms with Crippen LogP contribution >= 0.6 is 0 Å². The molecule has 0 aromatic carbocycles. The maximum atomic E-state index is 5.36. The highest BCUT2D eigenvalue weighted by Crippen LogP contribution is 2.44. The molecule has 17 heavy (non-hydrogen) atoms. The Labute approximate surface area is 99.2 Å². The van der Waals surface area contributed by atoms with Crippen LogP contribution in [0, 0.1) is 0 Å². The van der Waals surface area contributed by atoms with Gasteiger partial charge in [-0.3, -0.25) is 0 Å². The van der Waals surface area contributed by atoms with Crippen molar-refractivity contribution in [2.75, 3.05) is 19.5 Å². The first-order chi connectivity index (χ1) is 8.33. The van der Waals surface area contributed by atoms with Crippen LogP contribution in [-0.2, 0) is 9.47 Å². The van der Waals surface area contributed by atoms with E-state index in [9.17, 15) is 0 Å². The van der Waals surface area contributed by atoms with E-state index in [2.05, 4.69) is 15.3 Å². The summed E-state index contributed by atoms with van der Waals surface area (Å²) >= 11 is 0. The van der Waals surface area contributed by atoms with Crippen LogP contribution in [0.25, 0.3) is 0 Å². The van der Waals surface area contributed by atoms with Crippen LogP contribution in [0.15, 0.2) is 35.8 Å². The van der Waals surface area contributed by atoms with Crippen molar-refractivity contribution in [3.63, 3.8) is 0 Å². The molecule has 0 radical (unpaired) electrons. The van der Waals surface area contributed by atoms with Crippen LogP contribution in [0.3, 0.4) is 0 Å². The van der Waals surface area contributed by atoms with E-state index < -0.39 is 0 Å². The van der Waals surface area contributed by atoms with Gasteiger partial charge in [0, 0.05) is 35.9 Å². The molecular formula is C12H13N3O2. The SMILES string of the molecule is COC1=C(OC)CC2C(=C1)Nc1ncncc12. The van der Waals surface area contributed by atoms with Gasteiger partial charge in [0.1, 0.15) is 17.9 Å². The zero-order valence-electron chi connectivity index (χ0n) is 9.73. The van der Waals surface area contributed by atoms with E-state index in [0.29, 0.717) is 0 Å². The number of nitrogens with zero attached hydrogens (tertiary/aromatic N) is 2. The smallest absolute Gasteiger partial charge is 0.158 e. The second-order valence-electron chi connectivity index (χ2n) is 4.00. The van der Waals surface area contributed by atoms with Crippen molar-refractivity contribution in [1.29, 1.82) is 0 Å². The third-order valence-electron chi connectivity index (χ3n) is 3.17. The minimum atomic E-state index is 0.250. The minimum absolute atomic E-state index is 0.250. The van der Waals surface area contributed by atoms with Crippen LogP contribution in [0.2, 0.25) is 0 Å². The van der Waals surface area contributed by atoms with E-state index in [1.807, 2.05) is 12.3 Å². The van der Waals surface area contributed by atoms with Crippen LogP contribution in [0.5, 0.6) is 0 Å². The molecule has 0 amide bonds. The topological polar surface area (TPSA) is 56.3 Å². The lowest BCUT2D eigenvalue weighted by Gasteiger charge is -2.21. The number of fused-ring (bicyclic) bond motifs is 3. The molecule has 1 atom stereocenters. The van der Waals surface area contributed by atoms with Crippen molar-refractivity contribution < 1.29 is 9.47 Å². The second kappa shape index (κ2) is 3.76. The molecule has 5 heteroatoms. The number of ether oxygens (including phenoxy) is 2. The van der Waals surface area contributed by atoms with Crippen LogP contribution in [-0.4, -0.2) is 24.2 Å². The number of hydrogen-bond donors (Lipinski definition) is 1. The van der Waals surface area contributed by atoms with Gasteiger partial charge in [-0.1, -0.05) is 0 Å². The number of nitrogens with one attached hydrogen (secondary N) is 1. The Morgan fingerprint density at radius 1 is 1.35 bits per heavy atom. The van der Waals surface area contributed by atoms with Gasteiger partial charge in [0.25, 0.3) is 0 Å². The highest BCUT2D eigenvalue weighted by Gasteiger charge is 2.33. The first kappa shape index (κ1) is 10.1. The average molecular weight is 231 g/mol. The zero-order chi connectivity index (χ0) is 11.8. The minimum Gasteiger partial charge on any atom is -0.497 e. The lowest BCUT2D eigenvalue weighted by molar-refractivity contribution is 0.215. The van der Waals surface area contributed by atoms with Gasteiger partial charge in [0.05, 0.1) is 14.2 Å². The monoisotopic (exact) mass is 231 g/mol. The van der Waals surface area contributed by atoms with Crippen LogP contribution < -0.4 is 5.32 Å². The predicted octanol–water partition coefficient (Wildman–Crippen LogP) is 1.78. The third kappa shape index (κ3) is 1.46. The molecule has 0 bridgehead atoms. The van der Waals surface area contributed by atoms with Gasteiger partial charge in [-0.15, -0.1) is 0 Å². The summed E-state index contributed by atoms with van der Waals surface area (Å²) in [6, 6.07) is 0. The Hall–Kier alpha value is -2.04. The van der Waals surface area contributed by atoms with Crippen molar-refractivity contribution in [3.05, 3.63) is 41.4 Å². The summed E-state index contributed by atoms with van der Waals surface area (Å²) in [5.41, 5.74) is 2.21. The van der Waals surface area contributed by atoms with Crippen molar-refractivity contribution in [2.24, 2.45) is 0 Å². The summed E-state index contributed by atoms with van der Waals surface area (Å²) in [4.78, 5) is 8.29. The molecule has 1 aromatic heterocycles. The first-order valence-corrected chi connectivity index (χ1v) is 5.43. The molecule has 88 valence electrons. The van der Waals surface area contributed by atoms with Gasteiger partial charge >= 0.3 is 0 Å². The van der Waals surface area contributed by atoms with Crippen molar-refractivity contribution in [3.8, 4) is 0 Å². The molecule has 0 fully saturated rings. The van der Waals surface area contributed by atoms with Gasteiger partial charge in [-0.05, 0) is 0 Å². The second-order valence-corrected chi connectivity index (χ2v) is 4.00. The number of hydrogen-bond acceptors (Lipinski definition) is 5. The van der Waals surface area contributed by atoms with E-state index in [0.717, 1.165) is 35.0 Å². The average Bonchev–Trinajstić information content (AvgIpc) is 2.74. The maximum absolute atomic E-state index is 5.36. The largest absolute Gasteiger partial charge is 0.497 e. The Morgan fingerprint density at radius 2 is 2.24 bits per heavy atom. The fourth-order valence-electron chi connectivity index (χ4n) is 2.31. The van der Waals surface area contributed by atoms with Crippen molar-refractivity contribution >= 4 is 5.82 Å². The Morgan fingerprint density at radius 3 is 3.00 bits per heavy atom. The van der Waals surface area contributed by atoms with E-state index >= 15 is 0 Å². The van der Waals surface area contributed by atoms with Gasteiger partial charge < -0.3 is 14.8 Å². The fraction of sp³-hybridized carbons (Fsp3) is 0.333. The number of allylic oxidation sites excluding steroid dienone is 3. The van der Waals surface area contributed by atoms with E-state index in [4.69, 9.17) is 9.47 Å². The summed E-state index contributed by atoms with van der Waals surface area (Å²) < 4.78 is 10.7. The highest BCUT2D eigenvalue weighted by atomic mass is 16.5. The molecule has 1 N–H and O–H groups in total. The summed E-state index contributed by atoms with van der Waals surface area (Å²) in [7, 11) is 3.31. The molecule has 0 spiro atoms. The van der Waals surface area contributed by atoms with E-state index in [1.165, 1.54) is 0 Å². The zero-order valence-corrected chi connectivity index (χ0v) is 9.73. The molecule has 5 nitrogen and oxygen atoms in total. The molecule has 2 heterocycles. The Kier molecular flexibility index (Phi) is 2.24. The quantitative estimate of drug-likeness (QED) is 0.840. The van der Waals surface area contributed by atoms with Gasteiger partial charge in [0.2, 0.25) is 0 Å². The molecular weight excluding hydrogens is 218 g/mol. The van der Waals surface area contributed by atoms with Crippen molar-refractivity contribution in [1.82, 2.24) is 9.97 Å². The molecule has 3 rings (SSSR count). The summed E-state index contributed by atoms with van der Waals surface area (Å²) in [5.74, 6) is 2.76. The maximum Gasteiger partial charge on any atom is 0.158 e. The van der Waals surface area contributed by atoms with Gasteiger partial charge in [-0.25, -0.2) is 9.97 Å². The van der Waals surface area contributed by atoms with Gasteiger partial charge in [-0.2, -0.15) is 0 Å². The van der Waals surface area contributed by atoms with Crippen LogP contribution in [0.1, 0.15) is 17.9 Å². The van der Waals surface area contributed by atoms with E-state index in [-0.39, 0.29) is 5.92 Å². The summed E-state index contributed by atoms with van der Waals surface area (Å²) in [5, 5.41) is 3.29. The Balaban J connectivity index is 2.02. The lowest BCUT2D eigenvalue weighted by atomic mass is 9.92. The van der Waals surface area contributed by atoms with Gasteiger partial charge in [0.15, 0.2) is 5.76 Å². The number of rotatable bonds is 2. The van der Waals surface area contributed by atoms with Crippen LogP contribution in [0.4, 0.5) is 5.82 Å². The molecule has 0 saturated heterocycles. The fourth-order valence-corrected chi connectivity index (χ4v) is 2.31. The molecule has 1 unspecified atom stereocenters. The van der Waals surface area contributed by atoms with E-state index in [1.54, 1.807) is 20.5 Å². The summed E-state index contributed by atoms with van der Waals surface area (Å²) in [6.07, 6.45) is 6.14. The standard InChI is InChI=1S/C12H13N3O2/c1-16-10-3-7-8-5-13-6-14-12(8)15-9(7)4-11(10)17-2/h4-7H,3H2,1-2H3,(H,13,14,15). The van der Waals surface area contributed by atoms with Crippen molar-refractivity contribution in [2.45, 2.75) is 12.3 Å². The number of aromatic nitrogens is 2. The third-order valence-corrected chi connectivity index (χ3v) is 3.17. The molecule has 0 saturated carbocycles. The number of anilines is 1. The normalized spacial score (nSPS) is 21.3. The summed E-state index contributed by atoms with van der Waals surface area (Å²) in [6.45, 7) is 0. The molecule has 1 aliphatic carbocycles. The molecule has 1 aromatic rings. The molecule has 1 aliphatic heterocycles. The predicted molar refractivity (Wildman–Crippen MR) is 62.1 cm³/mol. The lowest BCUT2D eigenvalue weighted by Crippen LogP contribution is -2.11. The highest BCUT2D eigenvalue weighted by molar-refractivity contribution is 5.62. The molecule has 2 aliphatic rings. The first-order valence-electron chi connectivity index (χ1n) is 5.43. The number of methoxy groups -OCH3 is 2.